The highest BCUT2D eigenvalue weighted by Gasteiger charge is 2.31. The Hall–Kier alpha value is -1.40. The van der Waals surface area contributed by atoms with Crippen molar-refractivity contribution in [3.05, 3.63) is 69.4 Å². The van der Waals surface area contributed by atoms with Crippen molar-refractivity contribution in [1.29, 1.82) is 0 Å². The van der Waals surface area contributed by atoms with Gasteiger partial charge in [0.1, 0.15) is 5.82 Å². The molecule has 6 heteroatoms. The van der Waals surface area contributed by atoms with E-state index in [1.54, 1.807) is 6.07 Å². The van der Waals surface area contributed by atoms with E-state index in [1.807, 2.05) is 0 Å². The van der Waals surface area contributed by atoms with E-state index in [1.165, 1.54) is 24.3 Å². The van der Waals surface area contributed by atoms with Crippen molar-refractivity contribution in [2.24, 2.45) is 5.73 Å². The lowest BCUT2D eigenvalue weighted by Gasteiger charge is -2.15. The Labute approximate surface area is 121 Å². The van der Waals surface area contributed by atoms with Gasteiger partial charge in [0.15, 0.2) is 0 Å². The van der Waals surface area contributed by atoms with Crippen molar-refractivity contribution in [1.82, 2.24) is 0 Å². The van der Waals surface area contributed by atoms with Gasteiger partial charge in [0, 0.05) is 10.0 Å². The number of alkyl halides is 3. The molecular formula is C14H10BrF4N. The summed E-state index contributed by atoms with van der Waals surface area (Å²) in [5.41, 5.74) is 5.41. The molecule has 0 amide bonds. The van der Waals surface area contributed by atoms with E-state index >= 15 is 0 Å². The second kappa shape index (κ2) is 5.54. The molecule has 0 aliphatic carbocycles. The van der Waals surface area contributed by atoms with Gasteiger partial charge in [-0.15, -0.1) is 0 Å². The largest absolute Gasteiger partial charge is 0.416 e. The number of benzene rings is 2. The van der Waals surface area contributed by atoms with Crippen LogP contribution in [-0.2, 0) is 6.18 Å². The van der Waals surface area contributed by atoms with Gasteiger partial charge < -0.3 is 5.73 Å². The lowest BCUT2D eigenvalue weighted by atomic mass is 9.97. The van der Waals surface area contributed by atoms with Crippen molar-refractivity contribution < 1.29 is 17.6 Å². The number of rotatable bonds is 2. The molecule has 1 unspecified atom stereocenters. The summed E-state index contributed by atoms with van der Waals surface area (Å²) in [7, 11) is 0. The molecular weight excluding hydrogens is 338 g/mol. The first-order chi connectivity index (χ1) is 9.29. The zero-order valence-corrected chi connectivity index (χ0v) is 11.7. The first kappa shape index (κ1) is 15.0. The quantitative estimate of drug-likeness (QED) is 0.786. The molecule has 0 radical (unpaired) electrons. The second-order valence-corrected chi connectivity index (χ2v) is 5.18. The first-order valence-corrected chi connectivity index (χ1v) is 6.46. The minimum absolute atomic E-state index is 0.146. The van der Waals surface area contributed by atoms with Gasteiger partial charge in [-0.25, -0.2) is 4.39 Å². The van der Waals surface area contributed by atoms with Crippen molar-refractivity contribution in [3.63, 3.8) is 0 Å². The molecule has 2 aromatic rings. The first-order valence-electron chi connectivity index (χ1n) is 5.66. The summed E-state index contributed by atoms with van der Waals surface area (Å²) in [6.45, 7) is 0. The van der Waals surface area contributed by atoms with Crippen LogP contribution in [0.5, 0.6) is 0 Å². The molecule has 0 spiro atoms. The van der Waals surface area contributed by atoms with Crippen LogP contribution < -0.4 is 5.73 Å². The fourth-order valence-electron chi connectivity index (χ4n) is 1.84. The van der Waals surface area contributed by atoms with E-state index in [-0.39, 0.29) is 11.1 Å². The zero-order valence-electron chi connectivity index (χ0n) is 10.1. The minimum Gasteiger partial charge on any atom is -0.320 e. The highest BCUT2D eigenvalue weighted by molar-refractivity contribution is 9.10. The maximum Gasteiger partial charge on any atom is 0.416 e. The topological polar surface area (TPSA) is 26.0 Å². The lowest BCUT2D eigenvalue weighted by molar-refractivity contribution is -0.137. The van der Waals surface area contributed by atoms with Crippen molar-refractivity contribution in [2.75, 3.05) is 0 Å². The molecule has 106 valence electrons. The van der Waals surface area contributed by atoms with E-state index < -0.39 is 23.6 Å². The highest BCUT2D eigenvalue weighted by Crippen LogP contribution is 2.32. The molecule has 2 aromatic carbocycles. The number of hydrogen-bond acceptors (Lipinski definition) is 1. The number of hydrogen-bond donors (Lipinski definition) is 1. The van der Waals surface area contributed by atoms with Gasteiger partial charge in [0.25, 0.3) is 0 Å². The summed E-state index contributed by atoms with van der Waals surface area (Å²) < 4.78 is 52.3. The summed E-state index contributed by atoms with van der Waals surface area (Å²) >= 11 is 3.11. The Morgan fingerprint density at radius 2 is 1.75 bits per heavy atom. The number of halogens is 5. The Balaban J connectivity index is 2.41. The van der Waals surface area contributed by atoms with Gasteiger partial charge >= 0.3 is 6.18 Å². The van der Waals surface area contributed by atoms with Gasteiger partial charge in [-0.2, -0.15) is 13.2 Å². The maximum absolute atomic E-state index is 13.8. The van der Waals surface area contributed by atoms with Gasteiger partial charge in [-0.05, 0) is 29.8 Å². The maximum atomic E-state index is 13.8. The monoisotopic (exact) mass is 347 g/mol. The van der Waals surface area contributed by atoms with Crippen LogP contribution in [0.3, 0.4) is 0 Å². The van der Waals surface area contributed by atoms with E-state index in [9.17, 15) is 17.6 Å². The normalized spacial score (nSPS) is 13.3. The van der Waals surface area contributed by atoms with Crippen molar-refractivity contribution >= 4 is 15.9 Å². The summed E-state index contributed by atoms with van der Waals surface area (Å²) in [6, 6.07) is 7.90. The third-order valence-electron chi connectivity index (χ3n) is 2.87. The van der Waals surface area contributed by atoms with Crippen LogP contribution in [-0.4, -0.2) is 0 Å². The summed E-state index contributed by atoms with van der Waals surface area (Å²) in [5, 5.41) is 0. The van der Waals surface area contributed by atoms with E-state index in [0.717, 1.165) is 12.1 Å². The Morgan fingerprint density at radius 1 is 1.05 bits per heavy atom. The van der Waals surface area contributed by atoms with Crippen LogP contribution in [0, 0.1) is 5.82 Å². The lowest BCUT2D eigenvalue weighted by Crippen LogP contribution is -2.15. The van der Waals surface area contributed by atoms with Crippen LogP contribution in [0.1, 0.15) is 22.7 Å². The molecule has 0 saturated carbocycles. The molecule has 0 heterocycles. The molecule has 2 N–H and O–H groups in total. The zero-order chi connectivity index (χ0) is 14.9. The molecule has 0 fully saturated rings. The van der Waals surface area contributed by atoms with Gasteiger partial charge in [-0.3, -0.25) is 0 Å². The minimum atomic E-state index is -4.45. The van der Waals surface area contributed by atoms with Crippen LogP contribution >= 0.6 is 15.9 Å². The van der Waals surface area contributed by atoms with Crippen LogP contribution in [0.4, 0.5) is 17.6 Å². The molecule has 0 bridgehead atoms. The van der Waals surface area contributed by atoms with E-state index in [2.05, 4.69) is 15.9 Å². The Morgan fingerprint density at radius 3 is 2.35 bits per heavy atom. The van der Waals surface area contributed by atoms with Crippen LogP contribution in [0.25, 0.3) is 0 Å². The van der Waals surface area contributed by atoms with Crippen molar-refractivity contribution in [2.45, 2.75) is 12.2 Å². The predicted octanol–water partition coefficient (Wildman–Crippen LogP) is 4.66. The molecule has 2 rings (SSSR count). The van der Waals surface area contributed by atoms with Crippen molar-refractivity contribution in [3.8, 4) is 0 Å². The summed E-state index contributed by atoms with van der Waals surface area (Å²) in [6.07, 6.45) is -4.45. The fourth-order valence-corrected chi connectivity index (χ4v) is 2.17. The number of nitrogens with two attached hydrogens (primary N) is 1. The Kier molecular flexibility index (Phi) is 4.15. The third-order valence-corrected chi connectivity index (χ3v) is 3.36. The van der Waals surface area contributed by atoms with Gasteiger partial charge in [0.05, 0.1) is 11.6 Å². The van der Waals surface area contributed by atoms with Gasteiger partial charge in [0.2, 0.25) is 0 Å². The Bertz CT molecular complexity index is 625. The molecule has 0 saturated heterocycles. The molecule has 0 aliphatic heterocycles. The molecule has 1 atom stereocenters. The van der Waals surface area contributed by atoms with Gasteiger partial charge in [-0.1, -0.05) is 34.1 Å². The summed E-state index contributed by atoms with van der Waals surface area (Å²) in [5.74, 6) is -0.565. The van der Waals surface area contributed by atoms with Crippen LogP contribution in [0.2, 0.25) is 0 Å². The van der Waals surface area contributed by atoms with Crippen LogP contribution in [0.15, 0.2) is 46.9 Å². The highest BCUT2D eigenvalue weighted by atomic mass is 79.9. The standard InChI is InChI=1S/C14H10BrF4N/c15-10-4-5-11(12(16)7-10)13(20)8-2-1-3-9(6-8)14(17,18)19/h1-7,13H,20H2. The smallest absolute Gasteiger partial charge is 0.320 e. The van der Waals surface area contributed by atoms with E-state index in [0.29, 0.717) is 4.47 Å². The average Bonchev–Trinajstić information content (AvgIpc) is 2.37. The fraction of sp³-hybridized carbons (Fsp3) is 0.143. The second-order valence-electron chi connectivity index (χ2n) is 4.27. The van der Waals surface area contributed by atoms with E-state index in [4.69, 9.17) is 5.73 Å². The molecule has 20 heavy (non-hydrogen) atoms. The average molecular weight is 348 g/mol. The molecule has 0 aliphatic rings. The third kappa shape index (κ3) is 3.19. The summed E-state index contributed by atoms with van der Waals surface area (Å²) in [4.78, 5) is 0. The predicted molar refractivity (Wildman–Crippen MR) is 71.6 cm³/mol. The molecule has 1 nitrogen and oxygen atoms in total. The molecule has 0 aromatic heterocycles. The SMILES string of the molecule is NC(c1cccc(C(F)(F)F)c1)c1ccc(Br)cc1F.